The molecule has 1 aromatic carbocycles. The van der Waals surface area contributed by atoms with Crippen LogP contribution in [0, 0.1) is 0 Å². The number of aryl methyl sites for hydroxylation is 2. The van der Waals surface area contributed by atoms with E-state index in [1.807, 2.05) is 49.4 Å². The van der Waals surface area contributed by atoms with E-state index in [0.717, 1.165) is 41.9 Å². The quantitative estimate of drug-likeness (QED) is 0.778. The second-order valence-corrected chi connectivity index (χ2v) is 7.02. The van der Waals surface area contributed by atoms with E-state index in [4.69, 9.17) is 21.3 Å². The van der Waals surface area contributed by atoms with Crippen LogP contribution < -0.4 is 5.32 Å². The van der Waals surface area contributed by atoms with Gasteiger partial charge in [-0.15, -0.1) is 0 Å². The number of hydrogen-bond acceptors (Lipinski definition) is 4. The highest BCUT2D eigenvalue weighted by molar-refractivity contribution is 6.31. The molecule has 2 aromatic heterocycles. The van der Waals surface area contributed by atoms with Gasteiger partial charge in [0.2, 0.25) is 0 Å². The SMILES string of the molecule is Cn1cc([C@H]2OCCC[C@@H]2NCc2nc3cc(Cl)ccc3n2C)cn1. The summed E-state index contributed by atoms with van der Waals surface area (Å²) in [5.41, 5.74) is 3.14. The van der Waals surface area contributed by atoms with E-state index >= 15 is 0 Å². The second-order valence-electron chi connectivity index (χ2n) is 6.59. The Labute approximate surface area is 151 Å². The first-order chi connectivity index (χ1) is 12.1. The Balaban J connectivity index is 1.52. The molecule has 7 heteroatoms. The highest BCUT2D eigenvalue weighted by Crippen LogP contribution is 2.28. The van der Waals surface area contributed by atoms with Crippen LogP contribution in [-0.2, 0) is 25.4 Å². The van der Waals surface area contributed by atoms with Crippen molar-refractivity contribution in [3.8, 4) is 0 Å². The number of benzene rings is 1. The van der Waals surface area contributed by atoms with Crippen LogP contribution in [0.5, 0.6) is 0 Å². The zero-order valence-corrected chi connectivity index (χ0v) is 15.2. The molecular weight excluding hydrogens is 338 g/mol. The van der Waals surface area contributed by atoms with Crippen molar-refractivity contribution in [3.05, 3.63) is 47.0 Å². The van der Waals surface area contributed by atoms with E-state index in [1.165, 1.54) is 0 Å². The molecule has 1 aliphatic rings. The number of nitrogens with one attached hydrogen (secondary N) is 1. The molecule has 0 amide bonds. The maximum absolute atomic E-state index is 6.08. The number of imidazole rings is 1. The number of rotatable bonds is 4. The second kappa shape index (κ2) is 6.78. The molecular formula is C18H22ClN5O. The van der Waals surface area contributed by atoms with Crippen molar-refractivity contribution in [2.75, 3.05) is 6.61 Å². The molecule has 25 heavy (non-hydrogen) atoms. The van der Waals surface area contributed by atoms with E-state index in [-0.39, 0.29) is 12.1 Å². The summed E-state index contributed by atoms with van der Waals surface area (Å²) in [4.78, 5) is 4.72. The molecule has 2 atom stereocenters. The zero-order chi connectivity index (χ0) is 17.4. The number of halogens is 1. The monoisotopic (exact) mass is 359 g/mol. The lowest BCUT2D eigenvalue weighted by atomic mass is 9.98. The van der Waals surface area contributed by atoms with Gasteiger partial charge in [0.1, 0.15) is 11.9 Å². The first-order valence-corrected chi connectivity index (χ1v) is 8.94. The lowest BCUT2D eigenvalue weighted by molar-refractivity contribution is -0.0114. The fourth-order valence-corrected chi connectivity index (χ4v) is 3.68. The maximum atomic E-state index is 6.08. The molecule has 132 valence electrons. The van der Waals surface area contributed by atoms with Crippen LogP contribution in [0.1, 0.15) is 30.3 Å². The molecule has 0 saturated carbocycles. The molecule has 6 nitrogen and oxygen atoms in total. The number of hydrogen-bond donors (Lipinski definition) is 1. The lowest BCUT2D eigenvalue weighted by Crippen LogP contribution is -2.39. The van der Waals surface area contributed by atoms with Gasteiger partial charge in [-0.3, -0.25) is 4.68 Å². The summed E-state index contributed by atoms with van der Waals surface area (Å²) < 4.78 is 9.95. The fraction of sp³-hybridized carbons (Fsp3) is 0.444. The third kappa shape index (κ3) is 3.29. The average molecular weight is 360 g/mol. The molecule has 1 N–H and O–H groups in total. The molecule has 0 spiro atoms. The Morgan fingerprint density at radius 3 is 3.04 bits per heavy atom. The van der Waals surface area contributed by atoms with Gasteiger partial charge in [0.25, 0.3) is 0 Å². The zero-order valence-electron chi connectivity index (χ0n) is 14.4. The standard InChI is InChI=1S/C18H22ClN5O/c1-23-11-12(9-21-23)18-14(4-3-7-25-18)20-10-17-22-15-8-13(19)5-6-16(15)24(17)2/h5-6,8-9,11,14,18,20H,3-4,7,10H2,1-2H3/t14-,18+/m0/s1. The van der Waals surface area contributed by atoms with Gasteiger partial charge >= 0.3 is 0 Å². The summed E-state index contributed by atoms with van der Waals surface area (Å²) in [6, 6.07) is 6.07. The van der Waals surface area contributed by atoms with E-state index in [2.05, 4.69) is 15.0 Å². The summed E-state index contributed by atoms with van der Waals surface area (Å²) in [7, 11) is 3.97. The molecule has 0 radical (unpaired) electrons. The molecule has 1 aliphatic heterocycles. The molecule has 0 bridgehead atoms. The third-order valence-corrected chi connectivity index (χ3v) is 5.07. The molecule has 3 heterocycles. The summed E-state index contributed by atoms with van der Waals surface area (Å²) in [5, 5.41) is 8.62. The van der Waals surface area contributed by atoms with Crippen LogP contribution in [0.2, 0.25) is 5.02 Å². The highest BCUT2D eigenvalue weighted by atomic mass is 35.5. The van der Waals surface area contributed by atoms with Gasteiger partial charge in [-0.2, -0.15) is 5.10 Å². The summed E-state index contributed by atoms with van der Waals surface area (Å²) in [6.07, 6.45) is 6.09. The molecule has 1 fully saturated rings. The van der Waals surface area contributed by atoms with Crippen LogP contribution in [0.3, 0.4) is 0 Å². The first-order valence-electron chi connectivity index (χ1n) is 8.56. The van der Waals surface area contributed by atoms with E-state index in [9.17, 15) is 0 Å². The summed E-state index contributed by atoms with van der Waals surface area (Å²) >= 11 is 6.08. The van der Waals surface area contributed by atoms with Crippen molar-refractivity contribution < 1.29 is 4.74 Å². The van der Waals surface area contributed by atoms with Crippen LogP contribution in [0.25, 0.3) is 11.0 Å². The fourth-order valence-electron chi connectivity index (χ4n) is 3.51. The Hall–Kier alpha value is -1.89. The number of ether oxygens (including phenoxy) is 1. The largest absolute Gasteiger partial charge is 0.372 e. The normalized spacial score (nSPS) is 21.1. The van der Waals surface area contributed by atoms with Gasteiger partial charge < -0.3 is 14.6 Å². The maximum Gasteiger partial charge on any atom is 0.123 e. The van der Waals surface area contributed by atoms with Gasteiger partial charge in [0.05, 0.1) is 23.8 Å². The van der Waals surface area contributed by atoms with Gasteiger partial charge in [0, 0.05) is 43.5 Å². The number of fused-ring (bicyclic) bond motifs is 1. The minimum absolute atomic E-state index is 0.0339. The van der Waals surface area contributed by atoms with E-state index in [0.29, 0.717) is 11.6 Å². The van der Waals surface area contributed by atoms with Crippen molar-refractivity contribution in [3.63, 3.8) is 0 Å². The van der Waals surface area contributed by atoms with Gasteiger partial charge in [-0.05, 0) is 31.0 Å². The van der Waals surface area contributed by atoms with Crippen molar-refractivity contribution in [2.45, 2.75) is 31.5 Å². The van der Waals surface area contributed by atoms with Gasteiger partial charge in [-0.25, -0.2) is 4.98 Å². The molecule has 3 aromatic rings. The third-order valence-electron chi connectivity index (χ3n) is 4.83. The summed E-state index contributed by atoms with van der Waals surface area (Å²) in [5.74, 6) is 0.993. The Morgan fingerprint density at radius 2 is 2.24 bits per heavy atom. The van der Waals surface area contributed by atoms with Crippen LogP contribution in [0.4, 0.5) is 0 Å². The van der Waals surface area contributed by atoms with Gasteiger partial charge in [0.15, 0.2) is 0 Å². The van der Waals surface area contributed by atoms with Crippen molar-refractivity contribution in [2.24, 2.45) is 14.1 Å². The lowest BCUT2D eigenvalue weighted by Gasteiger charge is -2.31. The minimum Gasteiger partial charge on any atom is -0.372 e. The Morgan fingerprint density at radius 1 is 1.36 bits per heavy atom. The average Bonchev–Trinajstić information content (AvgIpc) is 3.17. The van der Waals surface area contributed by atoms with Crippen LogP contribution in [0.15, 0.2) is 30.6 Å². The molecule has 0 unspecified atom stereocenters. The number of aromatic nitrogens is 4. The minimum atomic E-state index is 0.0339. The smallest absolute Gasteiger partial charge is 0.123 e. The molecule has 1 saturated heterocycles. The highest BCUT2D eigenvalue weighted by Gasteiger charge is 2.28. The van der Waals surface area contributed by atoms with Crippen LogP contribution in [-0.4, -0.2) is 32.0 Å². The molecule has 4 rings (SSSR count). The molecule has 0 aliphatic carbocycles. The summed E-state index contributed by atoms with van der Waals surface area (Å²) in [6.45, 7) is 1.48. The van der Waals surface area contributed by atoms with Crippen molar-refractivity contribution in [1.29, 1.82) is 0 Å². The predicted molar refractivity (Wildman–Crippen MR) is 97.5 cm³/mol. The topological polar surface area (TPSA) is 56.9 Å². The number of nitrogens with zero attached hydrogens (tertiary/aromatic N) is 4. The Kier molecular flexibility index (Phi) is 4.50. The first kappa shape index (κ1) is 16.6. The Bertz CT molecular complexity index is 887. The van der Waals surface area contributed by atoms with Crippen molar-refractivity contribution >= 4 is 22.6 Å². The van der Waals surface area contributed by atoms with Crippen molar-refractivity contribution in [1.82, 2.24) is 24.6 Å². The van der Waals surface area contributed by atoms with E-state index in [1.54, 1.807) is 0 Å². The van der Waals surface area contributed by atoms with E-state index < -0.39 is 0 Å². The van der Waals surface area contributed by atoms with Crippen LogP contribution >= 0.6 is 11.6 Å². The predicted octanol–water partition coefficient (Wildman–Crippen LogP) is 2.97. The van der Waals surface area contributed by atoms with Gasteiger partial charge in [-0.1, -0.05) is 11.6 Å².